The second kappa shape index (κ2) is 8.37. The Morgan fingerprint density at radius 3 is 2.39 bits per heavy atom. The summed E-state index contributed by atoms with van der Waals surface area (Å²) in [5, 5.41) is 10.3. The first-order valence-electron chi connectivity index (χ1n) is 11.9. The Kier molecular flexibility index (Phi) is 6.14. The minimum absolute atomic E-state index is 0.155. The van der Waals surface area contributed by atoms with Crippen LogP contribution < -0.4 is 4.72 Å². The molecule has 5 atom stereocenters. The van der Waals surface area contributed by atoms with Gasteiger partial charge >= 0.3 is 0 Å². The molecule has 0 aromatic heterocycles. The molecule has 4 aliphatic rings. The van der Waals surface area contributed by atoms with Crippen LogP contribution in [0.3, 0.4) is 0 Å². The van der Waals surface area contributed by atoms with Crippen molar-refractivity contribution in [1.29, 1.82) is 0 Å². The van der Waals surface area contributed by atoms with E-state index in [0.717, 1.165) is 19.3 Å². The molecule has 1 heterocycles. The lowest BCUT2D eigenvalue weighted by atomic mass is 9.92. The third-order valence-corrected chi connectivity index (χ3v) is 10.3. The Bertz CT molecular complexity index is 975. The zero-order valence-electron chi connectivity index (χ0n) is 19.6. The molecule has 3 aliphatic carbocycles. The monoisotopic (exact) mass is 481 g/mol. The number of sulfonamides is 1. The maximum atomic E-state index is 13.6. The van der Waals surface area contributed by atoms with Crippen molar-refractivity contribution in [3.63, 3.8) is 0 Å². The van der Waals surface area contributed by atoms with Crippen LogP contribution in [0.4, 0.5) is 0 Å². The van der Waals surface area contributed by atoms with E-state index in [1.54, 1.807) is 18.9 Å². The standard InChI is InChI=1S/C23H35N3O6S/c1-22(9-10-22)33(31,32)24-21(30)23-14-15(23)8-6-4-5-7-11-25(2)19(28)17-12-16(27)13-18(17)20(29)26(23)3/h6,8,15-18,27H,4-5,7,9-14H2,1-3H3,(H,24,30)/b8-6-/t15-,16+,17-,18-,23-/m1/s1. The van der Waals surface area contributed by atoms with E-state index in [-0.39, 0.29) is 24.7 Å². The molecule has 1 aliphatic heterocycles. The van der Waals surface area contributed by atoms with Gasteiger partial charge in [0.2, 0.25) is 21.8 Å². The maximum Gasteiger partial charge on any atom is 0.260 e. The number of rotatable bonds is 3. The number of hydrogen-bond acceptors (Lipinski definition) is 6. The molecular weight excluding hydrogens is 446 g/mol. The van der Waals surface area contributed by atoms with E-state index in [1.165, 1.54) is 11.9 Å². The molecular formula is C23H35N3O6S. The number of carbonyl (C=O) groups is 3. The average molecular weight is 482 g/mol. The van der Waals surface area contributed by atoms with Crippen molar-refractivity contribution >= 4 is 27.7 Å². The summed E-state index contributed by atoms with van der Waals surface area (Å²) in [6.07, 6.45) is 7.28. The van der Waals surface area contributed by atoms with Crippen molar-refractivity contribution in [2.75, 3.05) is 20.6 Å². The molecule has 0 radical (unpaired) electrons. The number of likely N-dealkylation sites (N-methyl/N-ethyl adjacent to an activating group) is 1. The zero-order valence-corrected chi connectivity index (χ0v) is 20.4. The van der Waals surface area contributed by atoms with Crippen molar-refractivity contribution in [3.05, 3.63) is 12.2 Å². The van der Waals surface area contributed by atoms with Gasteiger partial charge < -0.3 is 14.9 Å². The highest BCUT2D eigenvalue weighted by atomic mass is 32.2. The quantitative estimate of drug-likeness (QED) is 0.575. The van der Waals surface area contributed by atoms with Gasteiger partial charge in [0.15, 0.2) is 0 Å². The van der Waals surface area contributed by atoms with E-state index < -0.39 is 50.1 Å². The van der Waals surface area contributed by atoms with E-state index in [1.807, 2.05) is 12.2 Å². The van der Waals surface area contributed by atoms with Gasteiger partial charge in [-0.1, -0.05) is 12.2 Å². The Labute approximate surface area is 195 Å². The molecule has 9 nitrogen and oxygen atoms in total. The lowest BCUT2D eigenvalue weighted by molar-refractivity contribution is -0.148. The van der Waals surface area contributed by atoms with Gasteiger partial charge in [-0.25, -0.2) is 8.42 Å². The fourth-order valence-electron chi connectivity index (χ4n) is 5.35. The van der Waals surface area contributed by atoms with Gasteiger partial charge in [0.05, 0.1) is 22.7 Å². The Morgan fingerprint density at radius 1 is 1.12 bits per heavy atom. The molecule has 0 aromatic rings. The van der Waals surface area contributed by atoms with Gasteiger partial charge in [-0.3, -0.25) is 19.1 Å². The highest BCUT2D eigenvalue weighted by Crippen LogP contribution is 2.52. The molecule has 4 rings (SSSR count). The predicted molar refractivity (Wildman–Crippen MR) is 121 cm³/mol. The Hall–Kier alpha value is -1.94. The molecule has 0 bridgehead atoms. The van der Waals surface area contributed by atoms with Crippen molar-refractivity contribution in [2.45, 2.75) is 74.7 Å². The van der Waals surface area contributed by atoms with Crippen molar-refractivity contribution in [2.24, 2.45) is 17.8 Å². The van der Waals surface area contributed by atoms with Crippen LogP contribution in [0.25, 0.3) is 0 Å². The molecule has 0 spiro atoms. The predicted octanol–water partition coefficient (Wildman–Crippen LogP) is 0.788. The molecule has 10 heteroatoms. The van der Waals surface area contributed by atoms with Gasteiger partial charge in [0, 0.05) is 26.6 Å². The molecule has 0 unspecified atom stereocenters. The van der Waals surface area contributed by atoms with E-state index in [9.17, 15) is 27.9 Å². The SMILES string of the molecule is CN1CCCC/C=C\[C@@H]2C[C@@]2(C(=O)NS(=O)(=O)C2(C)CC2)N(C)C(=O)[C@@H]2C[C@@H](O)C[C@H]2C1=O. The number of fused-ring (bicyclic) bond motifs is 2. The summed E-state index contributed by atoms with van der Waals surface area (Å²) < 4.78 is 26.8. The fourth-order valence-corrected chi connectivity index (χ4v) is 6.65. The first-order chi connectivity index (χ1) is 15.4. The molecule has 3 saturated carbocycles. The second-order valence-corrected chi connectivity index (χ2v) is 12.7. The van der Waals surface area contributed by atoms with E-state index in [2.05, 4.69) is 4.72 Å². The fraction of sp³-hybridized carbons (Fsp3) is 0.783. The topological polar surface area (TPSA) is 124 Å². The number of carbonyl (C=O) groups excluding carboxylic acids is 3. The third kappa shape index (κ3) is 4.20. The van der Waals surface area contributed by atoms with Gasteiger partial charge in [0.25, 0.3) is 5.91 Å². The van der Waals surface area contributed by atoms with Crippen LogP contribution in [0.5, 0.6) is 0 Å². The van der Waals surface area contributed by atoms with Crippen LogP contribution in [0, 0.1) is 17.8 Å². The van der Waals surface area contributed by atoms with E-state index in [4.69, 9.17) is 0 Å². The summed E-state index contributed by atoms with van der Waals surface area (Å²) in [5.74, 6) is -2.93. The normalized spacial score (nSPS) is 37.6. The second-order valence-electron chi connectivity index (χ2n) is 10.5. The summed E-state index contributed by atoms with van der Waals surface area (Å²) in [5.41, 5.74) is -1.30. The van der Waals surface area contributed by atoms with Crippen LogP contribution in [-0.4, -0.2) is 78.1 Å². The minimum atomic E-state index is -3.85. The van der Waals surface area contributed by atoms with Gasteiger partial charge in [-0.15, -0.1) is 0 Å². The average Bonchev–Trinajstić information content (AvgIpc) is 3.64. The van der Waals surface area contributed by atoms with Gasteiger partial charge in [-0.2, -0.15) is 0 Å². The summed E-state index contributed by atoms with van der Waals surface area (Å²) in [4.78, 5) is 43.0. The summed E-state index contributed by atoms with van der Waals surface area (Å²) in [6.45, 7) is 2.20. The number of aliphatic hydroxyl groups excluding tert-OH is 1. The van der Waals surface area contributed by atoms with Crippen LogP contribution in [0.15, 0.2) is 12.2 Å². The number of nitrogens with one attached hydrogen (secondary N) is 1. The number of allylic oxidation sites excluding steroid dienone is 1. The molecule has 0 saturated heterocycles. The highest BCUT2D eigenvalue weighted by molar-refractivity contribution is 7.91. The van der Waals surface area contributed by atoms with E-state index >= 15 is 0 Å². The highest BCUT2D eigenvalue weighted by Gasteiger charge is 2.65. The van der Waals surface area contributed by atoms with Crippen LogP contribution in [0.2, 0.25) is 0 Å². The molecule has 0 aromatic carbocycles. The molecule has 3 fully saturated rings. The summed E-state index contributed by atoms with van der Waals surface area (Å²) in [7, 11) is -0.619. The number of nitrogens with zero attached hydrogens (tertiary/aromatic N) is 2. The third-order valence-electron chi connectivity index (χ3n) is 8.17. The van der Waals surface area contributed by atoms with Gasteiger partial charge in [-0.05, 0) is 58.3 Å². The molecule has 3 amide bonds. The van der Waals surface area contributed by atoms with Crippen LogP contribution in [0.1, 0.15) is 58.3 Å². The van der Waals surface area contributed by atoms with Gasteiger partial charge in [0.1, 0.15) is 5.54 Å². The van der Waals surface area contributed by atoms with Crippen molar-refractivity contribution < 1.29 is 27.9 Å². The number of amides is 3. The lowest BCUT2D eigenvalue weighted by Crippen LogP contribution is -2.55. The minimum Gasteiger partial charge on any atom is -0.393 e. The van der Waals surface area contributed by atoms with Crippen LogP contribution >= 0.6 is 0 Å². The summed E-state index contributed by atoms with van der Waals surface area (Å²) >= 11 is 0. The Balaban J connectivity index is 1.65. The largest absolute Gasteiger partial charge is 0.393 e. The Morgan fingerprint density at radius 2 is 1.76 bits per heavy atom. The number of aliphatic hydroxyl groups is 1. The zero-order chi connectivity index (χ0) is 24.2. The summed E-state index contributed by atoms with van der Waals surface area (Å²) in [6, 6.07) is 0. The smallest absolute Gasteiger partial charge is 0.260 e. The van der Waals surface area contributed by atoms with Crippen molar-refractivity contribution in [1.82, 2.24) is 14.5 Å². The number of hydrogen-bond donors (Lipinski definition) is 2. The molecule has 184 valence electrons. The van der Waals surface area contributed by atoms with E-state index in [0.29, 0.717) is 25.8 Å². The molecule has 33 heavy (non-hydrogen) atoms. The molecule has 2 N–H and O–H groups in total. The first kappa shape index (κ1) is 24.2. The van der Waals surface area contributed by atoms with Crippen LogP contribution in [-0.2, 0) is 24.4 Å². The van der Waals surface area contributed by atoms with Crippen molar-refractivity contribution in [3.8, 4) is 0 Å². The first-order valence-corrected chi connectivity index (χ1v) is 13.4. The maximum absolute atomic E-state index is 13.6. The lowest BCUT2D eigenvalue weighted by Gasteiger charge is -2.33.